The first-order valence-electron chi connectivity index (χ1n) is 6.42. The van der Waals surface area contributed by atoms with Crippen LogP contribution in [-0.4, -0.2) is 23.4 Å². The molecular weight excluding hydrogens is 324 g/mol. The van der Waals surface area contributed by atoms with Crippen LogP contribution in [-0.2, 0) is 0 Å². The lowest BCUT2D eigenvalue weighted by molar-refractivity contribution is 0.103. The van der Waals surface area contributed by atoms with Gasteiger partial charge in [-0.05, 0) is 65.4 Å². The van der Waals surface area contributed by atoms with E-state index in [2.05, 4.69) is 25.8 Å². The summed E-state index contributed by atoms with van der Waals surface area (Å²) in [5, 5.41) is 5.30. The molecule has 2 aromatic heterocycles. The van der Waals surface area contributed by atoms with Gasteiger partial charge in [0.1, 0.15) is 0 Å². The number of piperidine rings is 1. The average Bonchev–Trinajstić information content (AvgIpc) is 3.07. The normalized spacial score (nSPS) is 16.7. The van der Waals surface area contributed by atoms with Gasteiger partial charge in [0.25, 0.3) is 0 Å². The molecule has 1 saturated heterocycles. The molecular formula is C14H15BrN2OS. The number of thiophene rings is 1. The maximum Gasteiger partial charge on any atom is 0.220 e. The molecule has 1 fully saturated rings. The Kier molecular flexibility index (Phi) is 3.86. The van der Waals surface area contributed by atoms with Crippen LogP contribution >= 0.6 is 27.3 Å². The summed E-state index contributed by atoms with van der Waals surface area (Å²) in [6, 6.07) is 6.26. The van der Waals surface area contributed by atoms with E-state index in [0.29, 0.717) is 6.04 Å². The molecule has 0 unspecified atom stereocenters. The molecule has 1 aliphatic heterocycles. The van der Waals surface area contributed by atoms with Gasteiger partial charge in [-0.15, -0.1) is 11.3 Å². The minimum absolute atomic E-state index is 0.116. The Morgan fingerprint density at radius 3 is 2.84 bits per heavy atom. The van der Waals surface area contributed by atoms with Gasteiger partial charge in [0, 0.05) is 16.7 Å². The third-order valence-electron chi connectivity index (χ3n) is 3.54. The van der Waals surface area contributed by atoms with Gasteiger partial charge in [0.15, 0.2) is 0 Å². The lowest BCUT2D eigenvalue weighted by Crippen LogP contribution is -2.30. The summed E-state index contributed by atoms with van der Waals surface area (Å²) in [5.41, 5.74) is 0.801. The van der Waals surface area contributed by atoms with Crippen molar-refractivity contribution in [1.82, 2.24) is 9.88 Å². The molecule has 3 nitrogen and oxygen atoms in total. The van der Waals surface area contributed by atoms with Crippen molar-refractivity contribution < 1.29 is 4.79 Å². The highest BCUT2D eigenvalue weighted by molar-refractivity contribution is 9.10. The molecule has 0 amide bonds. The molecule has 0 bridgehead atoms. The van der Waals surface area contributed by atoms with Crippen LogP contribution in [0, 0.1) is 0 Å². The van der Waals surface area contributed by atoms with Crippen LogP contribution in [0.15, 0.2) is 34.2 Å². The minimum atomic E-state index is 0.116. The molecule has 2 aromatic rings. The summed E-state index contributed by atoms with van der Waals surface area (Å²) in [7, 11) is 0. The van der Waals surface area contributed by atoms with Crippen molar-refractivity contribution in [3.8, 4) is 0 Å². The molecule has 0 saturated carbocycles. The number of nitrogens with zero attached hydrogens (tertiary/aromatic N) is 1. The van der Waals surface area contributed by atoms with Gasteiger partial charge in [-0.3, -0.25) is 4.79 Å². The third-order valence-corrected chi connectivity index (χ3v) is 5.37. The number of carbonyl (C=O) groups is 1. The number of carbonyl (C=O) groups excluding carboxylic acids is 1. The monoisotopic (exact) mass is 338 g/mol. The molecule has 0 atom stereocenters. The Hall–Kier alpha value is -0.910. The predicted molar refractivity (Wildman–Crippen MR) is 81.0 cm³/mol. The second kappa shape index (κ2) is 5.61. The zero-order chi connectivity index (χ0) is 13.2. The second-order valence-electron chi connectivity index (χ2n) is 4.71. The van der Waals surface area contributed by atoms with Crippen LogP contribution in [0.4, 0.5) is 0 Å². The zero-order valence-electron chi connectivity index (χ0n) is 10.4. The topological polar surface area (TPSA) is 34.0 Å². The quantitative estimate of drug-likeness (QED) is 0.869. The number of halogens is 1. The lowest BCUT2D eigenvalue weighted by Gasteiger charge is -2.25. The molecule has 3 heterocycles. The van der Waals surface area contributed by atoms with Crippen molar-refractivity contribution in [3.05, 3.63) is 44.8 Å². The first-order chi connectivity index (χ1) is 9.27. The summed E-state index contributed by atoms with van der Waals surface area (Å²) < 4.78 is 3.04. The van der Waals surface area contributed by atoms with E-state index in [0.717, 1.165) is 41.0 Å². The SMILES string of the molecule is O=C(c1sccc1Br)c1cccn1C1CCNCC1. The Balaban J connectivity index is 1.91. The van der Waals surface area contributed by atoms with Crippen molar-refractivity contribution in [2.24, 2.45) is 0 Å². The Labute approximate surface area is 124 Å². The summed E-state index contributed by atoms with van der Waals surface area (Å²) in [6.45, 7) is 2.05. The van der Waals surface area contributed by atoms with Crippen molar-refractivity contribution in [1.29, 1.82) is 0 Å². The molecule has 5 heteroatoms. The van der Waals surface area contributed by atoms with E-state index < -0.39 is 0 Å². The molecule has 1 N–H and O–H groups in total. The van der Waals surface area contributed by atoms with Gasteiger partial charge in [-0.2, -0.15) is 0 Å². The van der Waals surface area contributed by atoms with Crippen molar-refractivity contribution in [2.45, 2.75) is 18.9 Å². The van der Waals surface area contributed by atoms with Crippen molar-refractivity contribution in [3.63, 3.8) is 0 Å². The van der Waals surface area contributed by atoms with Crippen molar-refractivity contribution in [2.75, 3.05) is 13.1 Å². The molecule has 1 aliphatic rings. The molecule has 19 heavy (non-hydrogen) atoms. The van der Waals surface area contributed by atoms with Crippen LogP contribution < -0.4 is 5.32 Å². The fourth-order valence-electron chi connectivity index (χ4n) is 2.56. The molecule has 0 aliphatic carbocycles. The smallest absolute Gasteiger partial charge is 0.220 e. The van der Waals surface area contributed by atoms with Gasteiger partial charge in [0.05, 0.1) is 10.6 Å². The van der Waals surface area contributed by atoms with E-state index in [1.807, 2.05) is 29.8 Å². The van der Waals surface area contributed by atoms with Gasteiger partial charge in [-0.25, -0.2) is 0 Å². The number of ketones is 1. The van der Waals surface area contributed by atoms with E-state index in [1.165, 1.54) is 11.3 Å². The second-order valence-corrected chi connectivity index (χ2v) is 6.48. The highest BCUT2D eigenvalue weighted by Gasteiger charge is 2.22. The van der Waals surface area contributed by atoms with Gasteiger partial charge < -0.3 is 9.88 Å². The number of hydrogen-bond acceptors (Lipinski definition) is 3. The largest absolute Gasteiger partial charge is 0.342 e. The maximum absolute atomic E-state index is 12.6. The average molecular weight is 339 g/mol. The van der Waals surface area contributed by atoms with E-state index in [4.69, 9.17) is 0 Å². The first kappa shape index (κ1) is 13.1. The Morgan fingerprint density at radius 2 is 2.16 bits per heavy atom. The fourth-order valence-corrected chi connectivity index (χ4v) is 4.06. The van der Waals surface area contributed by atoms with E-state index in [1.54, 1.807) is 0 Å². The standard InChI is InChI=1S/C14H15BrN2OS/c15-11-5-9-19-14(11)13(18)12-2-1-8-17(12)10-3-6-16-7-4-10/h1-2,5,8-10,16H,3-4,6-7H2. The summed E-state index contributed by atoms with van der Waals surface area (Å²) in [5.74, 6) is 0.116. The molecule has 3 rings (SSSR count). The van der Waals surface area contributed by atoms with E-state index in [9.17, 15) is 4.79 Å². The fraction of sp³-hybridized carbons (Fsp3) is 0.357. The summed E-state index contributed by atoms with van der Waals surface area (Å²) in [4.78, 5) is 13.4. The molecule has 0 radical (unpaired) electrons. The number of aromatic nitrogens is 1. The molecule has 0 spiro atoms. The van der Waals surface area contributed by atoms with E-state index in [-0.39, 0.29) is 5.78 Å². The van der Waals surface area contributed by atoms with Gasteiger partial charge in [-0.1, -0.05) is 0 Å². The van der Waals surface area contributed by atoms with Gasteiger partial charge in [0.2, 0.25) is 5.78 Å². The Morgan fingerprint density at radius 1 is 1.37 bits per heavy atom. The third kappa shape index (κ3) is 2.55. The zero-order valence-corrected chi connectivity index (χ0v) is 12.8. The number of nitrogens with one attached hydrogen (secondary N) is 1. The van der Waals surface area contributed by atoms with Crippen LogP contribution in [0.5, 0.6) is 0 Å². The molecule has 100 valence electrons. The minimum Gasteiger partial charge on any atom is -0.342 e. The van der Waals surface area contributed by atoms with E-state index >= 15 is 0 Å². The van der Waals surface area contributed by atoms with Crippen LogP contribution in [0.2, 0.25) is 0 Å². The predicted octanol–water partition coefficient (Wildman–Crippen LogP) is 3.47. The Bertz CT molecular complexity index is 584. The summed E-state index contributed by atoms with van der Waals surface area (Å²) in [6.07, 6.45) is 4.20. The highest BCUT2D eigenvalue weighted by atomic mass is 79.9. The first-order valence-corrected chi connectivity index (χ1v) is 8.10. The maximum atomic E-state index is 12.6. The highest BCUT2D eigenvalue weighted by Crippen LogP contribution is 2.28. The lowest BCUT2D eigenvalue weighted by atomic mass is 10.1. The van der Waals surface area contributed by atoms with Crippen LogP contribution in [0.1, 0.15) is 34.2 Å². The van der Waals surface area contributed by atoms with Crippen molar-refractivity contribution >= 4 is 33.0 Å². The van der Waals surface area contributed by atoms with Crippen LogP contribution in [0.25, 0.3) is 0 Å². The number of hydrogen-bond donors (Lipinski definition) is 1. The number of rotatable bonds is 3. The van der Waals surface area contributed by atoms with Crippen LogP contribution in [0.3, 0.4) is 0 Å². The van der Waals surface area contributed by atoms with Gasteiger partial charge >= 0.3 is 0 Å². The molecule has 0 aromatic carbocycles. The summed E-state index contributed by atoms with van der Waals surface area (Å²) >= 11 is 4.93.